The molecule has 3 N–H and O–H groups in total. The molecule has 3 aliphatic rings. The molecule has 5 rings (SSSR count). The normalized spacial score (nSPS) is 20.2. The van der Waals surface area contributed by atoms with Crippen molar-refractivity contribution in [1.29, 1.82) is 0 Å². The SMILES string of the molecule is CC(C)N1C(=O)c2ccc(NC(=O)N(Cc3ccc(C(=O)NCCC(=O)O)cc3)C3CCC(C4CCCCC4)CC3)cc2C1=O. The summed E-state index contributed by atoms with van der Waals surface area (Å²) in [6, 6.07) is 11.4. The van der Waals surface area contributed by atoms with Gasteiger partial charge in [0.05, 0.1) is 17.5 Å². The van der Waals surface area contributed by atoms with Gasteiger partial charge in [-0.15, -0.1) is 0 Å². The van der Waals surface area contributed by atoms with Crippen molar-refractivity contribution < 1.29 is 29.1 Å². The Morgan fingerprint density at radius 2 is 1.51 bits per heavy atom. The third-order valence-corrected chi connectivity index (χ3v) is 9.64. The summed E-state index contributed by atoms with van der Waals surface area (Å²) >= 11 is 0. The van der Waals surface area contributed by atoms with Crippen molar-refractivity contribution in [2.75, 3.05) is 11.9 Å². The fourth-order valence-corrected chi connectivity index (χ4v) is 7.20. The first-order valence-corrected chi connectivity index (χ1v) is 16.3. The summed E-state index contributed by atoms with van der Waals surface area (Å²) in [5.74, 6) is -0.513. The second kappa shape index (κ2) is 14.3. The van der Waals surface area contributed by atoms with Crippen LogP contribution in [0.2, 0.25) is 0 Å². The van der Waals surface area contributed by atoms with Crippen LogP contribution in [0.25, 0.3) is 0 Å². The number of anilines is 1. The summed E-state index contributed by atoms with van der Waals surface area (Å²) in [7, 11) is 0. The molecule has 2 saturated carbocycles. The van der Waals surface area contributed by atoms with Crippen LogP contribution in [0.3, 0.4) is 0 Å². The summed E-state index contributed by atoms with van der Waals surface area (Å²) in [4.78, 5) is 65.9. The number of hydrogen-bond acceptors (Lipinski definition) is 5. The van der Waals surface area contributed by atoms with Gasteiger partial charge < -0.3 is 20.6 Å². The lowest BCUT2D eigenvalue weighted by Gasteiger charge is -2.40. The van der Waals surface area contributed by atoms with E-state index in [-0.39, 0.29) is 48.8 Å². The molecule has 2 aromatic carbocycles. The largest absolute Gasteiger partial charge is 0.481 e. The molecule has 2 aliphatic carbocycles. The van der Waals surface area contributed by atoms with Crippen LogP contribution in [0.15, 0.2) is 42.5 Å². The van der Waals surface area contributed by atoms with E-state index in [1.54, 1.807) is 44.2 Å². The number of hydrogen-bond donors (Lipinski definition) is 3. The highest BCUT2D eigenvalue weighted by molar-refractivity contribution is 6.22. The topological polar surface area (TPSA) is 136 Å². The number of carbonyl (C=O) groups excluding carboxylic acids is 4. The molecule has 45 heavy (non-hydrogen) atoms. The molecule has 0 unspecified atom stereocenters. The second-order valence-electron chi connectivity index (χ2n) is 13.0. The highest BCUT2D eigenvalue weighted by Gasteiger charge is 2.38. The molecule has 0 bridgehead atoms. The highest BCUT2D eigenvalue weighted by Crippen LogP contribution is 2.39. The molecule has 0 atom stereocenters. The summed E-state index contributed by atoms with van der Waals surface area (Å²) in [5.41, 5.74) is 2.38. The summed E-state index contributed by atoms with van der Waals surface area (Å²) in [6.07, 6.45) is 10.4. The molecule has 0 spiro atoms. The predicted molar refractivity (Wildman–Crippen MR) is 170 cm³/mol. The van der Waals surface area contributed by atoms with Crippen LogP contribution >= 0.6 is 0 Å². The van der Waals surface area contributed by atoms with Crippen LogP contribution in [0, 0.1) is 11.8 Å². The number of urea groups is 1. The molecule has 240 valence electrons. The Morgan fingerprint density at radius 3 is 2.16 bits per heavy atom. The molecule has 10 heteroatoms. The van der Waals surface area contributed by atoms with Gasteiger partial charge in [-0.1, -0.05) is 44.2 Å². The van der Waals surface area contributed by atoms with Crippen molar-refractivity contribution in [2.24, 2.45) is 11.8 Å². The van der Waals surface area contributed by atoms with E-state index in [1.165, 1.54) is 37.0 Å². The monoisotopic (exact) mass is 616 g/mol. The number of aliphatic carboxylic acids is 1. The van der Waals surface area contributed by atoms with Crippen molar-refractivity contribution in [1.82, 2.24) is 15.1 Å². The third-order valence-electron chi connectivity index (χ3n) is 9.64. The van der Waals surface area contributed by atoms with Gasteiger partial charge >= 0.3 is 12.0 Å². The fourth-order valence-electron chi connectivity index (χ4n) is 7.20. The first-order valence-electron chi connectivity index (χ1n) is 16.3. The van der Waals surface area contributed by atoms with Crippen LogP contribution in [-0.4, -0.2) is 63.3 Å². The van der Waals surface area contributed by atoms with Crippen molar-refractivity contribution in [3.63, 3.8) is 0 Å². The van der Waals surface area contributed by atoms with E-state index in [0.717, 1.165) is 37.2 Å². The molecule has 0 aromatic heterocycles. The van der Waals surface area contributed by atoms with Crippen LogP contribution in [0.5, 0.6) is 0 Å². The number of fused-ring (bicyclic) bond motifs is 1. The Kier molecular flexibility index (Phi) is 10.2. The number of nitrogens with zero attached hydrogens (tertiary/aromatic N) is 2. The standard InChI is InChI=1S/C35H44N4O6/c1-22(2)39-33(43)29-17-14-27(20-30(29)34(39)44)37-35(45)38(28-15-12-25(13-16-28)24-6-4-3-5-7-24)21-23-8-10-26(11-9-23)32(42)36-19-18-31(40)41/h8-11,14,17,20,22,24-25,28H,3-7,12-13,15-16,18-19,21H2,1-2H3,(H,36,42)(H,37,45)(H,40,41). The maximum atomic E-state index is 13.9. The number of amides is 5. The maximum absolute atomic E-state index is 13.9. The molecule has 2 aromatic rings. The lowest BCUT2D eigenvalue weighted by Crippen LogP contribution is -2.44. The predicted octanol–water partition coefficient (Wildman–Crippen LogP) is 6.07. The Balaban J connectivity index is 1.30. The number of imide groups is 1. The molecule has 10 nitrogen and oxygen atoms in total. The zero-order valence-corrected chi connectivity index (χ0v) is 26.2. The summed E-state index contributed by atoms with van der Waals surface area (Å²) in [6.45, 7) is 3.98. The van der Waals surface area contributed by atoms with Crippen LogP contribution in [0.1, 0.15) is 115 Å². The zero-order chi connectivity index (χ0) is 32.1. The average molecular weight is 617 g/mol. The van der Waals surface area contributed by atoms with Gasteiger partial charge in [0.2, 0.25) is 0 Å². The van der Waals surface area contributed by atoms with E-state index in [4.69, 9.17) is 5.11 Å². The third kappa shape index (κ3) is 7.54. The molecule has 2 fully saturated rings. The minimum atomic E-state index is -0.978. The number of carbonyl (C=O) groups is 5. The Morgan fingerprint density at radius 1 is 0.867 bits per heavy atom. The van der Waals surface area contributed by atoms with Gasteiger partial charge in [0.1, 0.15) is 0 Å². The lowest BCUT2D eigenvalue weighted by molar-refractivity contribution is -0.136. The zero-order valence-electron chi connectivity index (χ0n) is 26.2. The molecule has 5 amide bonds. The van der Waals surface area contributed by atoms with Crippen LogP contribution < -0.4 is 10.6 Å². The molecular formula is C35H44N4O6. The van der Waals surface area contributed by atoms with Gasteiger partial charge in [0, 0.05) is 36.4 Å². The highest BCUT2D eigenvalue weighted by atomic mass is 16.4. The van der Waals surface area contributed by atoms with E-state index in [2.05, 4.69) is 10.6 Å². The van der Waals surface area contributed by atoms with Crippen molar-refractivity contribution >= 4 is 35.4 Å². The minimum Gasteiger partial charge on any atom is -0.481 e. The molecule has 1 aliphatic heterocycles. The van der Waals surface area contributed by atoms with Gasteiger partial charge in [-0.05, 0) is 87.3 Å². The van der Waals surface area contributed by atoms with Gasteiger partial charge in [0.25, 0.3) is 17.7 Å². The molecule has 0 saturated heterocycles. The van der Waals surface area contributed by atoms with Crippen molar-refractivity contribution in [3.8, 4) is 0 Å². The second-order valence-corrected chi connectivity index (χ2v) is 13.0. The van der Waals surface area contributed by atoms with Gasteiger partial charge in [-0.25, -0.2) is 4.79 Å². The van der Waals surface area contributed by atoms with Crippen molar-refractivity contribution in [2.45, 2.75) is 96.7 Å². The molecule has 0 radical (unpaired) electrons. The smallest absolute Gasteiger partial charge is 0.322 e. The van der Waals surface area contributed by atoms with Crippen molar-refractivity contribution in [3.05, 3.63) is 64.7 Å². The number of benzene rings is 2. The van der Waals surface area contributed by atoms with Crippen LogP contribution in [0.4, 0.5) is 10.5 Å². The quantitative estimate of drug-likeness (QED) is 0.277. The van der Waals surface area contributed by atoms with E-state index in [0.29, 0.717) is 34.8 Å². The van der Waals surface area contributed by atoms with Gasteiger partial charge in [-0.3, -0.25) is 24.1 Å². The first kappa shape index (κ1) is 32.2. The van der Waals surface area contributed by atoms with E-state index in [9.17, 15) is 24.0 Å². The maximum Gasteiger partial charge on any atom is 0.322 e. The van der Waals surface area contributed by atoms with E-state index >= 15 is 0 Å². The number of rotatable bonds is 10. The molecule has 1 heterocycles. The number of nitrogens with one attached hydrogen (secondary N) is 2. The lowest BCUT2D eigenvalue weighted by atomic mass is 9.72. The minimum absolute atomic E-state index is 0.0397. The van der Waals surface area contributed by atoms with E-state index < -0.39 is 5.97 Å². The summed E-state index contributed by atoms with van der Waals surface area (Å²) in [5, 5.41) is 14.4. The number of carboxylic acids is 1. The average Bonchev–Trinajstić information content (AvgIpc) is 3.29. The summed E-state index contributed by atoms with van der Waals surface area (Å²) < 4.78 is 0. The Hall–Kier alpha value is -4.21. The Bertz CT molecular complexity index is 1420. The van der Waals surface area contributed by atoms with Crippen LogP contribution in [-0.2, 0) is 11.3 Å². The fraction of sp³-hybridized carbons (Fsp3) is 0.514. The first-order chi connectivity index (χ1) is 21.6. The Labute approximate surface area is 264 Å². The van der Waals surface area contributed by atoms with Gasteiger partial charge in [-0.2, -0.15) is 0 Å². The van der Waals surface area contributed by atoms with E-state index in [1.807, 2.05) is 17.0 Å². The molecular weight excluding hydrogens is 572 g/mol. The van der Waals surface area contributed by atoms with Gasteiger partial charge in [0.15, 0.2) is 0 Å². The number of carboxylic acid groups (broad SMARTS) is 1.